The third-order valence-electron chi connectivity index (χ3n) is 3.29. The van der Waals surface area contributed by atoms with Gasteiger partial charge in [0, 0.05) is 25.9 Å². The largest absolute Gasteiger partial charge is 0.396 e. The van der Waals surface area contributed by atoms with Crippen LogP contribution in [0, 0.1) is 5.41 Å². The summed E-state index contributed by atoms with van der Waals surface area (Å²) in [4.78, 5) is 1.51. The summed E-state index contributed by atoms with van der Waals surface area (Å²) in [7, 11) is -2.72. The zero-order valence-electron chi connectivity index (χ0n) is 12.4. The molecule has 0 atom stereocenters. The zero-order chi connectivity index (χ0) is 16.3. The Labute approximate surface area is 124 Å². The maximum atomic E-state index is 12.4. The molecule has 0 bridgehead atoms. The van der Waals surface area contributed by atoms with E-state index in [4.69, 9.17) is 5.11 Å². The van der Waals surface area contributed by atoms with E-state index in [-0.39, 0.29) is 16.9 Å². The number of sulfone groups is 1. The molecule has 1 aromatic carbocycles. The Balaban J connectivity index is 2.88. The van der Waals surface area contributed by atoms with Crippen molar-refractivity contribution in [1.82, 2.24) is 0 Å². The highest BCUT2D eigenvalue weighted by molar-refractivity contribution is 7.91. The maximum Gasteiger partial charge on any atom is 0.341 e. The molecule has 0 aliphatic heterocycles. The third-order valence-corrected chi connectivity index (χ3v) is 4.69. The van der Waals surface area contributed by atoms with E-state index in [2.05, 4.69) is 0 Å². The molecule has 0 unspecified atom stereocenters. The highest BCUT2D eigenvalue weighted by atomic mass is 32.2. The molecule has 0 fully saturated rings. The number of alkyl halides is 2. The van der Waals surface area contributed by atoms with E-state index in [9.17, 15) is 17.2 Å². The Bertz CT molecular complexity index is 556. The Morgan fingerprint density at radius 2 is 1.76 bits per heavy atom. The molecule has 0 amide bonds. The van der Waals surface area contributed by atoms with Crippen LogP contribution >= 0.6 is 0 Å². The van der Waals surface area contributed by atoms with Gasteiger partial charge in [0.25, 0.3) is 0 Å². The summed E-state index contributed by atoms with van der Waals surface area (Å²) in [5.74, 6) is -3.41. The number of aliphatic hydroxyl groups is 1. The number of anilines is 1. The first-order valence-corrected chi connectivity index (χ1v) is 8.09. The quantitative estimate of drug-likeness (QED) is 0.838. The van der Waals surface area contributed by atoms with E-state index in [0.29, 0.717) is 13.0 Å². The second-order valence-electron chi connectivity index (χ2n) is 5.79. The monoisotopic (exact) mass is 321 g/mol. The molecule has 0 aliphatic carbocycles. The van der Waals surface area contributed by atoms with Gasteiger partial charge in [-0.05, 0) is 36.1 Å². The van der Waals surface area contributed by atoms with Crippen LogP contribution in [0.5, 0.6) is 0 Å². The summed E-state index contributed by atoms with van der Waals surface area (Å²) < 4.78 is 47.6. The van der Waals surface area contributed by atoms with Crippen molar-refractivity contribution in [2.24, 2.45) is 5.41 Å². The van der Waals surface area contributed by atoms with Gasteiger partial charge in [0.1, 0.15) is 0 Å². The lowest BCUT2D eigenvalue weighted by Crippen LogP contribution is -2.32. The van der Waals surface area contributed by atoms with Crippen LogP contribution in [0.2, 0.25) is 0 Å². The molecule has 0 saturated heterocycles. The molecular formula is C14H21F2NO3S. The van der Waals surface area contributed by atoms with Crippen LogP contribution in [-0.4, -0.2) is 39.5 Å². The minimum atomic E-state index is -4.55. The van der Waals surface area contributed by atoms with Crippen LogP contribution in [0.4, 0.5) is 14.5 Å². The lowest BCUT2D eigenvalue weighted by atomic mass is 9.89. The van der Waals surface area contributed by atoms with E-state index in [1.165, 1.54) is 24.3 Å². The molecule has 0 saturated carbocycles. The fraction of sp³-hybridized carbons (Fsp3) is 0.571. The van der Waals surface area contributed by atoms with Gasteiger partial charge < -0.3 is 10.0 Å². The van der Waals surface area contributed by atoms with Gasteiger partial charge in [0.05, 0.1) is 4.90 Å². The minimum Gasteiger partial charge on any atom is -0.396 e. The predicted molar refractivity (Wildman–Crippen MR) is 78.4 cm³/mol. The second kappa shape index (κ2) is 6.70. The smallest absolute Gasteiger partial charge is 0.341 e. The summed E-state index contributed by atoms with van der Waals surface area (Å²) in [6, 6.07) is 5.38. The highest BCUT2D eigenvalue weighted by Gasteiger charge is 2.26. The fourth-order valence-electron chi connectivity index (χ4n) is 2.11. The summed E-state index contributed by atoms with van der Waals surface area (Å²) in [5, 5.41) is 9.01. The Kier molecular flexibility index (Phi) is 5.69. The summed E-state index contributed by atoms with van der Waals surface area (Å²) in [6.45, 7) is 4.76. The molecule has 0 radical (unpaired) electrons. The number of benzene rings is 1. The van der Waals surface area contributed by atoms with Crippen LogP contribution in [0.15, 0.2) is 29.2 Å². The number of hydrogen-bond acceptors (Lipinski definition) is 4. The van der Waals surface area contributed by atoms with Crippen molar-refractivity contribution in [3.05, 3.63) is 24.3 Å². The SMILES string of the molecule is CN(CC(C)(C)CCO)c1ccc(S(=O)(=O)C(F)F)cc1. The van der Waals surface area contributed by atoms with Gasteiger partial charge in [0.2, 0.25) is 9.84 Å². The normalized spacial score (nSPS) is 12.7. The summed E-state index contributed by atoms with van der Waals surface area (Å²) in [6.07, 6.45) is 0.634. The van der Waals surface area contributed by atoms with Crippen LogP contribution in [-0.2, 0) is 9.84 Å². The Morgan fingerprint density at radius 3 is 2.19 bits per heavy atom. The van der Waals surface area contributed by atoms with Gasteiger partial charge in [-0.25, -0.2) is 8.42 Å². The van der Waals surface area contributed by atoms with Gasteiger partial charge in [-0.15, -0.1) is 0 Å². The number of nitrogens with zero attached hydrogens (tertiary/aromatic N) is 1. The lowest BCUT2D eigenvalue weighted by molar-refractivity contribution is 0.215. The van der Waals surface area contributed by atoms with Gasteiger partial charge >= 0.3 is 5.76 Å². The highest BCUT2D eigenvalue weighted by Crippen LogP contribution is 2.26. The summed E-state index contributed by atoms with van der Waals surface area (Å²) >= 11 is 0. The number of aliphatic hydroxyl groups excluding tert-OH is 1. The van der Waals surface area contributed by atoms with E-state index in [1.54, 1.807) is 0 Å². The first kappa shape index (κ1) is 17.8. The van der Waals surface area contributed by atoms with Gasteiger partial charge in [-0.3, -0.25) is 0 Å². The number of halogens is 2. The molecule has 4 nitrogen and oxygen atoms in total. The van der Waals surface area contributed by atoms with Crippen molar-refractivity contribution in [2.75, 3.05) is 25.1 Å². The van der Waals surface area contributed by atoms with Crippen molar-refractivity contribution in [3.63, 3.8) is 0 Å². The minimum absolute atomic E-state index is 0.0897. The molecule has 0 aliphatic rings. The lowest BCUT2D eigenvalue weighted by Gasteiger charge is -2.31. The summed E-state index contributed by atoms with van der Waals surface area (Å²) in [5.41, 5.74) is 0.617. The molecule has 21 heavy (non-hydrogen) atoms. The Hall–Kier alpha value is -1.21. The van der Waals surface area contributed by atoms with Crippen LogP contribution in [0.3, 0.4) is 0 Å². The molecule has 7 heteroatoms. The molecule has 120 valence electrons. The Morgan fingerprint density at radius 1 is 1.24 bits per heavy atom. The van der Waals surface area contributed by atoms with Crippen molar-refractivity contribution in [3.8, 4) is 0 Å². The van der Waals surface area contributed by atoms with Crippen molar-refractivity contribution < 1.29 is 22.3 Å². The molecule has 1 aromatic rings. The van der Waals surface area contributed by atoms with Gasteiger partial charge in [-0.1, -0.05) is 13.8 Å². The van der Waals surface area contributed by atoms with E-state index >= 15 is 0 Å². The number of hydrogen-bond donors (Lipinski definition) is 1. The van der Waals surface area contributed by atoms with Crippen LogP contribution < -0.4 is 4.90 Å². The zero-order valence-corrected chi connectivity index (χ0v) is 13.2. The molecule has 0 heterocycles. The van der Waals surface area contributed by atoms with E-state index in [0.717, 1.165) is 5.69 Å². The molecule has 1 N–H and O–H groups in total. The number of rotatable bonds is 7. The predicted octanol–water partition coefficient (Wildman–Crippen LogP) is 2.53. The fourth-order valence-corrected chi connectivity index (χ4v) is 2.83. The first-order valence-electron chi connectivity index (χ1n) is 6.54. The topological polar surface area (TPSA) is 57.6 Å². The standard InChI is InChI=1S/C14H21F2NO3S/c1-14(2,8-9-18)10-17(3)11-4-6-12(7-5-11)21(19,20)13(15)16/h4-7,13,18H,8-10H2,1-3H3. The van der Waals surface area contributed by atoms with Crippen molar-refractivity contribution in [2.45, 2.75) is 30.9 Å². The van der Waals surface area contributed by atoms with E-state index in [1.807, 2.05) is 25.8 Å². The maximum absolute atomic E-state index is 12.4. The van der Waals surface area contributed by atoms with Crippen molar-refractivity contribution in [1.29, 1.82) is 0 Å². The van der Waals surface area contributed by atoms with Crippen LogP contribution in [0.1, 0.15) is 20.3 Å². The van der Waals surface area contributed by atoms with E-state index < -0.39 is 15.6 Å². The third kappa shape index (κ3) is 4.64. The first-order chi connectivity index (χ1) is 9.60. The average Bonchev–Trinajstić information content (AvgIpc) is 2.37. The average molecular weight is 321 g/mol. The molecule has 0 spiro atoms. The van der Waals surface area contributed by atoms with Gasteiger partial charge in [0.15, 0.2) is 0 Å². The molecular weight excluding hydrogens is 300 g/mol. The molecule has 0 aromatic heterocycles. The van der Waals surface area contributed by atoms with Gasteiger partial charge in [-0.2, -0.15) is 8.78 Å². The second-order valence-corrected chi connectivity index (χ2v) is 7.71. The molecule has 1 rings (SSSR count). The van der Waals surface area contributed by atoms with Crippen molar-refractivity contribution >= 4 is 15.5 Å². The van der Waals surface area contributed by atoms with Crippen LogP contribution in [0.25, 0.3) is 0 Å².